The quantitative estimate of drug-likeness (QED) is 0.869. The first kappa shape index (κ1) is 16.9. The van der Waals surface area contributed by atoms with Crippen molar-refractivity contribution in [3.63, 3.8) is 0 Å². The highest BCUT2D eigenvalue weighted by atomic mass is 16.5. The first-order valence-electron chi connectivity index (χ1n) is 7.71. The van der Waals surface area contributed by atoms with E-state index in [1.54, 1.807) is 0 Å². The van der Waals surface area contributed by atoms with Gasteiger partial charge in [-0.3, -0.25) is 4.79 Å². The molecule has 3 N–H and O–H groups in total. The Morgan fingerprint density at radius 1 is 1.41 bits per heavy atom. The third-order valence-electron chi connectivity index (χ3n) is 4.15. The molecule has 22 heavy (non-hydrogen) atoms. The van der Waals surface area contributed by atoms with Gasteiger partial charge in [0.2, 0.25) is 11.8 Å². The smallest absolute Gasteiger partial charge is 0.248 e. The Bertz CT molecular complexity index is 515. The molecule has 0 radical (unpaired) electrons. The van der Waals surface area contributed by atoms with Crippen molar-refractivity contribution >= 4 is 5.91 Å². The van der Waals surface area contributed by atoms with E-state index in [2.05, 4.69) is 15.5 Å². The van der Waals surface area contributed by atoms with Crippen LogP contribution in [-0.4, -0.2) is 35.8 Å². The maximum absolute atomic E-state index is 12.6. The molecule has 1 aliphatic heterocycles. The zero-order valence-electron chi connectivity index (χ0n) is 13.8. The second-order valence-corrected chi connectivity index (χ2v) is 7.00. The standard InChI is InChI=1S/C15H26N4O3/c1-10(11-18-12(19-22-11)14(2,3)4)17-13(20)15(9-16)5-7-21-8-6-15/h10H,5-9,16H2,1-4H3,(H,17,20). The molecule has 1 fully saturated rings. The molecule has 1 atom stereocenters. The molecule has 1 aromatic rings. The topological polar surface area (TPSA) is 103 Å². The minimum atomic E-state index is -0.556. The van der Waals surface area contributed by atoms with Crippen molar-refractivity contribution in [1.29, 1.82) is 0 Å². The van der Waals surface area contributed by atoms with Crippen LogP contribution in [0, 0.1) is 5.41 Å². The van der Waals surface area contributed by atoms with E-state index < -0.39 is 5.41 Å². The van der Waals surface area contributed by atoms with Gasteiger partial charge in [-0.2, -0.15) is 4.98 Å². The van der Waals surface area contributed by atoms with Crippen LogP contribution in [0.5, 0.6) is 0 Å². The number of rotatable bonds is 4. The van der Waals surface area contributed by atoms with Crippen LogP contribution in [0.4, 0.5) is 0 Å². The summed E-state index contributed by atoms with van der Waals surface area (Å²) in [6.07, 6.45) is 1.28. The summed E-state index contributed by atoms with van der Waals surface area (Å²) in [5, 5.41) is 6.94. The molecule has 7 heteroatoms. The van der Waals surface area contributed by atoms with Crippen LogP contribution >= 0.6 is 0 Å². The van der Waals surface area contributed by atoms with E-state index in [4.69, 9.17) is 15.0 Å². The number of hydrogen-bond acceptors (Lipinski definition) is 6. The number of carbonyl (C=O) groups is 1. The fraction of sp³-hybridized carbons (Fsp3) is 0.800. The third-order valence-corrected chi connectivity index (χ3v) is 4.15. The molecule has 0 aromatic carbocycles. The average molecular weight is 310 g/mol. The highest BCUT2D eigenvalue weighted by molar-refractivity contribution is 5.83. The van der Waals surface area contributed by atoms with Crippen molar-refractivity contribution in [2.24, 2.45) is 11.1 Å². The molecule has 1 aliphatic rings. The van der Waals surface area contributed by atoms with Gasteiger partial charge in [-0.15, -0.1) is 0 Å². The minimum absolute atomic E-state index is 0.0682. The Kier molecular flexibility index (Phi) is 4.87. The van der Waals surface area contributed by atoms with E-state index in [9.17, 15) is 4.79 Å². The number of aromatic nitrogens is 2. The van der Waals surface area contributed by atoms with Gasteiger partial charge in [0, 0.05) is 25.2 Å². The van der Waals surface area contributed by atoms with Gasteiger partial charge < -0.3 is 20.3 Å². The summed E-state index contributed by atoms with van der Waals surface area (Å²) in [5.41, 5.74) is 5.10. The van der Waals surface area contributed by atoms with Crippen molar-refractivity contribution in [2.45, 2.75) is 52.0 Å². The molecule has 0 saturated carbocycles. The van der Waals surface area contributed by atoms with Crippen LogP contribution in [0.25, 0.3) is 0 Å². The summed E-state index contributed by atoms with van der Waals surface area (Å²) in [5.74, 6) is 0.974. The Balaban J connectivity index is 2.06. The molecule has 2 heterocycles. The molecular weight excluding hydrogens is 284 g/mol. The highest BCUT2D eigenvalue weighted by Crippen LogP contribution is 2.30. The number of carbonyl (C=O) groups excluding carboxylic acids is 1. The van der Waals surface area contributed by atoms with Gasteiger partial charge in [-0.1, -0.05) is 25.9 Å². The van der Waals surface area contributed by atoms with Gasteiger partial charge in [0.05, 0.1) is 5.41 Å². The monoisotopic (exact) mass is 310 g/mol. The van der Waals surface area contributed by atoms with Crippen molar-refractivity contribution < 1.29 is 14.1 Å². The summed E-state index contributed by atoms with van der Waals surface area (Å²) in [6.45, 7) is 9.30. The highest BCUT2D eigenvalue weighted by Gasteiger charge is 2.39. The van der Waals surface area contributed by atoms with Gasteiger partial charge in [-0.25, -0.2) is 0 Å². The van der Waals surface area contributed by atoms with E-state index in [1.165, 1.54) is 0 Å². The maximum atomic E-state index is 12.6. The first-order valence-corrected chi connectivity index (χ1v) is 7.71. The number of nitrogens with one attached hydrogen (secondary N) is 1. The summed E-state index contributed by atoms with van der Waals surface area (Å²) < 4.78 is 10.6. The summed E-state index contributed by atoms with van der Waals surface area (Å²) >= 11 is 0. The lowest BCUT2D eigenvalue weighted by Gasteiger charge is -2.35. The fourth-order valence-corrected chi connectivity index (χ4v) is 2.41. The Morgan fingerprint density at radius 2 is 2.05 bits per heavy atom. The maximum Gasteiger partial charge on any atom is 0.248 e. The zero-order valence-corrected chi connectivity index (χ0v) is 13.8. The van der Waals surface area contributed by atoms with Gasteiger partial charge in [0.15, 0.2) is 5.82 Å². The molecule has 0 aliphatic carbocycles. The van der Waals surface area contributed by atoms with E-state index in [-0.39, 0.29) is 17.4 Å². The molecule has 0 spiro atoms. The molecule has 2 rings (SSSR count). The molecule has 1 aromatic heterocycles. The van der Waals surface area contributed by atoms with Crippen molar-refractivity contribution in [3.8, 4) is 0 Å². The van der Waals surface area contributed by atoms with Gasteiger partial charge >= 0.3 is 0 Å². The molecule has 1 unspecified atom stereocenters. The number of hydrogen-bond donors (Lipinski definition) is 2. The van der Waals surface area contributed by atoms with Crippen LogP contribution in [0.3, 0.4) is 0 Å². The SMILES string of the molecule is CC(NC(=O)C1(CN)CCOCC1)c1nc(C(C)(C)C)no1. The normalized spacial score (nSPS) is 19.7. The number of nitrogens with two attached hydrogens (primary N) is 1. The molecule has 1 saturated heterocycles. The van der Waals surface area contributed by atoms with Crippen LogP contribution in [0.1, 0.15) is 58.3 Å². The largest absolute Gasteiger partial charge is 0.381 e. The van der Waals surface area contributed by atoms with E-state index in [0.717, 1.165) is 0 Å². The Morgan fingerprint density at radius 3 is 2.55 bits per heavy atom. The molecular formula is C15H26N4O3. The van der Waals surface area contributed by atoms with Crippen molar-refractivity contribution in [3.05, 3.63) is 11.7 Å². The summed E-state index contributed by atoms with van der Waals surface area (Å²) in [4.78, 5) is 17.0. The summed E-state index contributed by atoms with van der Waals surface area (Å²) in [7, 11) is 0. The first-order chi connectivity index (χ1) is 10.3. The van der Waals surface area contributed by atoms with Gasteiger partial charge in [0.25, 0.3) is 0 Å². The zero-order chi connectivity index (χ0) is 16.4. The summed E-state index contributed by atoms with van der Waals surface area (Å²) in [6, 6.07) is -0.345. The van der Waals surface area contributed by atoms with Crippen LogP contribution in [0.2, 0.25) is 0 Å². The average Bonchev–Trinajstić information content (AvgIpc) is 2.98. The number of ether oxygens (including phenoxy) is 1. The van der Waals surface area contributed by atoms with Crippen LogP contribution < -0.4 is 11.1 Å². The van der Waals surface area contributed by atoms with Crippen molar-refractivity contribution in [2.75, 3.05) is 19.8 Å². The van der Waals surface area contributed by atoms with Gasteiger partial charge in [0.1, 0.15) is 6.04 Å². The van der Waals surface area contributed by atoms with Gasteiger partial charge in [-0.05, 0) is 19.8 Å². The third kappa shape index (κ3) is 3.47. The number of amides is 1. The van der Waals surface area contributed by atoms with E-state index >= 15 is 0 Å². The fourth-order valence-electron chi connectivity index (χ4n) is 2.41. The lowest BCUT2D eigenvalue weighted by Crippen LogP contribution is -2.49. The molecule has 0 bridgehead atoms. The predicted molar refractivity (Wildman–Crippen MR) is 81.1 cm³/mol. The molecule has 1 amide bonds. The van der Waals surface area contributed by atoms with E-state index in [1.807, 2.05) is 27.7 Å². The van der Waals surface area contributed by atoms with E-state index in [0.29, 0.717) is 44.3 Å². The van der Waals surface area contributed by atoms with Crippen molar-refractivity contribution in [1.82, 2.24) is 15.5 Å². The minimum Gasteiger partial charge on any atom is -0.381 e. The Hall–Kier alpha value is -1.47. The number of nitrogens with zero attached hydrogens (tertiary/aromatic N) is 2. The lowest BCUT2D eigenvalue weighted by atomic mass is 9.79. The van der Waals surface area contributed by atoms with Crippen LogP contribution in [0.15, 0.2) is 4.52 Å². The molecule has 124 valence electrons. The molecule has 7 nitrogen and oxygen atoms in total. The predicted octanol–water partition coefficient (Wildman–Crippen LogP) is 1.30. The Labute approximate surface area is 131 Å². The second kappa shape index (κ2) is 6.34. The lowest BCUT2D eigenvalue weighted by molar-refractivity contribution is -0.136. The second-order valence-electron chi connectivity index (χ2n) is 7.00. The van der Waals surface area contributed by atoms with Crippen LogP contribution in [-0.2, 0) is 14.9 Å².